The van der Waals surface area contributed by atoms with Gasteiger partial charge in [-0.3, -0.25) is 4.79 Å². The highest BCUT2D eigenvalue weighted by molar-refractivity contribution is 5.79. The highest BCUT2D eigenvalue weighted by atomic mass is 16.5. The van der Waals surface area contributed by atoms with Gasteiger partial charge in [-0.1, -0.05) is 30.3 Å². The number of benzene rings is 2. The van der Waals surface area contributed by atoms with Crippen LogP contribution >= 0.6 is 0 Å². The van der Waals surface area contributed by atoms with E-state index in [4.69, 9.17) is 9.47 Å². The predicted octanol–water partition coefficient (Wildman–Crippen LogP) is 3.60. The largest absolute Gasteiger partial charge is 0.493 e. The van der Waals surface area contributed by atoms with Gasteiger partial charge in [0.05, 0.1) is 20.6 Å². The van der Waals surface area contributed by atoms with Crippen molar-refractivity contribution in [3.63, 3.8) is 0 Å². The molecule has 2 rings (SSSR count). The molecule has 0 spiro atoms. The van der Waals surface area contributed by atoms with E-state index in [0.717, 1.165) is 5.56 Å². The van der Waals surface area contributed by atoms with Crippen LogP contribution in [-0.4, -0.2) is 31.6 Å². The Morgan fingerprint density at radius 2 is 1.75 bits per heavy atom. The molecular formula is C20H25NO3. The van der Waals surface area contributed by atoms with Crippen LogP contribution < -0.4 is 9.47 Å². The Morgan fingerprint density at radius 3 is 2.38 bits per heavy atom. The lowest BCUT2D eigenvalue weighted by Crippen LogP contribution is -2.31. The first-order valence-electron chi connectivity index (χ1n) is 8.12. The number of amides is 1. The van der Waals surface area contributed by atoms with Crippen LogP contribution in [0.4, 0.5) is 0 Å². The Balaban J connectivity index is 2.11. The highest BCUT2D eigenvalue weighted by Crippen LogP contribution is 2.28. The third kappa shape index (κ3) is 4.28. The Bertz CT molecular complexity index is 697. The van der Waals surface area contributed by atoms with Crippen LogP contribution in [0.15, 0.2) is 42.5 Å². The molecule has 0 N–H and O–H groups in total. The van der Waals surface area contributed by atoms with Gasteiger partial charge in [-0.25, -0.2) is 0 Å². The molecule has 0 unspecified atom stereocenters. The number of ether oxygens (including phenoxy) is 2. The van der Waals surface area contributed by atoms with E-state index < -0.39 is 0 Å². The first kappa shape index (κ1) is 17.9. The van der Waals surface area contributed by atoms with Crippen molar-refractivity contribution in [2.24, 2.45) is 0 Å². The van der Waals surface area contributed by atoms with Crippen molar-refractivity contribution in [1.29, 1.82) is 0 Å². The SMILES string of the molecule is CCN(Cc1ccccc1C)C(=O)Cc1ccc(OC)c(OC)c1. The molecule has 128 valence electrons. The summed E-state index contributed by atoms with van der Waals surface area (Å²) >= 11 is 0. The van der Waals surface area contributed by atoms with E-state index in [1.807, 2.05) is 42.2 Å². The van der Waals surface area contributed by atoms with Crippen molar-refractivity contribution < 1.29 is 14.3 Å². The Labute approximate surface area is 144 Å². The second-order valence-electron chi connectivity index (χ2n) is 5.70. The number of hydrogen-bond donors (Lipinski definition) is 0. The van der Waals surface area contributed by atoms with Gasteiger partial charge >= 0.3 is 0 Å². The summed E-state index contributed by atoms with van der Waals surface area (Å²) in [6.45, 7) is 5.39. The average Bonchev–Trinajstić information content (AvgIpc) is 2.60. The Morgan fingerprint density at radius 1 is 1.04 bits per heavy atom. The topological polar surface area (TPSA) is 38.8 Å². The number of nitrogens with zero attached hydrogens (tertiary/aromatic N) is 1. The van der Waals surface area contributed by atoms with Gasteiger partial charge in [-0.05, 0) is 42.7 Å². The molecule has 2 aromatic rings. The molecule has 0 saturated carbocycles. The number of carbonyl (C=O) groups is 1. The van der Waals surface area contributed by atoms with Crippen molar-refractivity contribution in [1.82, 2.24) is 4.90 Å². The molecule has 2 aromatic carbocycles. The zero-order chi connectivity index (χ0) is 17.5. The number of carbonyl (C=O) groups excluding carboxylic acids is 1. The minimum atomic E-state index is 0.105. The molecule has 1 amide bonds. The van der Waals surface area contributed by atoms with Gasteiger partial charge < -0.3 is 14.4 Å². The second kappa shape index (κ2) is 8.39. The number of hydrogen-bond acceptors (Lipinski definition) is 3. The van der Waals surface area contributed by atoms with Gasteiger partial charge in [0.15, 0.2) is 11.5 Å². The molecule has 0 saturated heterocycles. The number of aryl methyl sites for hydroxylation is 1. The van der Waals surface area contributed by atoms with E-state index in [1.165, 1.54) is 11.1 Å². The molecule has 0 heterocycles. The fourth-order valence-electron chi connectivity index (χ4n) is 2.65. The molecule has 0 aromatic heterocycles. The van der Waals surface area contributed by atoms with Crippen molar-refractivity contribution in [2.75, 3.05) is 20.8 Å². The summed E-state index contributed by atoms with van der Waals surface area (Å²) in [6, 6.07) is 13.8. The van der Waals surface area contributed by atoms with Crippen molar-refractivity contribution in [3.05, 3.63) is 59.2 Å². The number of methoxy groups -OCH3 is 2. The van der Waals surface area contributed by atoms with Crippen LogP contribution in [0.2, 0.25) is 0 Å². The summed E-state index contributed by atoms with van der Waals surface area (Å²) in [5, 5.41) is 0. The first-order chi connectivity index (χ1) is 11.6. The molecule has 0 aliphatic heterocycles. The van der Waals surface area contributed by atoms with Crippen LogP contribution in [-0.2, 0) is 17.8 Å². The summed E-state index contributed by atoms with van der Waals surface area (Å²) in [5.41, 5.74) is 3.30. The maximum absolute atomic E-state index is 12.7. The monoisotopic (exact) mass is 327 g/mol. The van der Waals surface area contributed by atoms with E-state index in [0.29, 0.717) is 31.0 Å². The molecule has 0 atom stereocenters. The number of likely N-dealkylation sites (N-methyl/N-ethyl adjacent to an activating group) is 1. The molecule has 0 aliphatic carbocycles. The first-order valence-corrected chi connectivity index (χ1v) is 8.12. The maximum Gasteiger partial charge on any atom is 0.227 e. The molecular weight excluding hydrogens is 302 g/mol. The summed E-state index contributed by atoms with van der Waals surface area (Å²) in [5.74, 6) is 1.42. The summed E-state index contributed by atoms with van der Waals surface area (Å²) in [6.07, 6.45) is 0.347. The van der Waals surface area contributed by atoms with E-state index >= 15 is 0 Å². The van der Waals surface area contributed by atoms with Gasteiger partial charge in [0.1, 0.15) is 0 Å². The quantitative estimate of drug-likeness (QED) is 0.780. The average molecular weight is 327 g/mol. The minimum Gasteiger partial charge on any atom is -0.493 e. The smallest absolute Gasteiger partial charge is 0.227 e. The van der Waals surface area contributed by atoms with Crippen molar-refractivity contribution in [2.45, 2.75) is 26.8 Å². The van der Waals surface area contributed by atoms with Crippen molar-refractivity contribution >= 4 is 5.91 Å². The third-order valence-electron chi connectivity index (χ3n) is 4.16. The summed E-state index contributed by atoms with van der Waals surface area (Å²) in [4.78, 5) is 14.5. The van der Waals surface area contributed by atoms with Crippen molar-refractivity contribution in [3.8, 4) is 11.5 Å². The summed E-state index contributed by atoms with van der Waals surface area (Å²) < 4.78 is 10.5. The molecule has 0 aliphatic rings. The lowest BCUT2D eigenvalue weighted by molar-refractivity contribution is -0.130. The lowest BCUT2D eigenvalue weighted by atomic mass is 10.1. The van der Waals surface area contributed by atoms with Gasteiger partial charge in [0.2, 0.25) is 5.91 Å². The fraction of sp³-hybridized carbons (Fsp3) is 0.350. The van der Waals surface area contributed by atoms with Crippen LogP contribution in [0.3, 0.4) is 0 Å². The highest BCUT2D eigenvalue weighted by Gasteiger charge is 2.15. The van der Waals surface area contributed by atoms with Crippen LogP contribution in [0.1, 0.15) is 23.6 Å². The Kier molecular flexibility index (Phi) is 6.24. The van der Waals surface area contributed by atoms with E-state index in [2.05, 4.69) is 19.1 Å². The zero-order valence-corrected chi connectivity index (χ0v) is 14.8. The standard InChI is InChI=1S/C20H25NO3/c1-5-21(14-17-9-7-6-8-15(17)2)20(22)13-16-10-11-18(23-3)19(12-16)24-4/h6-12H,5,13-14H2,1-4H3. The molecule has 4 nitrogen and oxygen atoms in total. The molecule has 0 bridgehead atoms. The fourth-order valence-corrected chi connectivity index (χ4v) is 2.65. The normalized spacial score (nSPS) is 10.3. The van der Waals surface area contributed by atoms with Gasteiger partial charge in [0, 0.05) is 13.1 Å². The molecule has 24 heavy (non-hydrogen) atoms. The van der Waals surface area contributed by atoms with Gasteiger partial charge in [-0.15, -0.1) is 0 Å². The minimum absolute atomic E-state index is 0.105. The molecule has 0 fully saturated rings. The Hall–Kier alpha value is -2.49. The maximum atomic E-state index is 12.7. The van der Waals surface area contributed by atoms with Crippen LogP contribution in [0, 0.1) is 6.92 Å². The lowest BCUT2D eigenvalue weighted by Gasteiger charge is -2.22. The third-order valence-corrected chi connectivity index (χ3v) is 4.16. The molecule has 0 radical (unpaired) electrons. The number of rotatable bonds is 7. The van der Waals surface area contributed by atoms with Crippen LogP contribution in [0.25, 0.3) is 0 Å². The molecule has 4 heteroatoms. The summed E-state index contributed by atoms with van der Waals surface area (Å²) in [7, 11) is 3.20. The zero-order valence-electron chi connectivity index (χ0n) is 14.8. The van der Waals surface area contributed by atoms with Gasteiger partial charge in [-0.2, -0.15) is 0 Å². The second-order valence-corrected chi connectivity index (χ2v) is 5.70. The van der Waals surface area contributed by atoms with Gasteiger partial charge in [0.25, 0.3) is 0 Å². The van der Waals surface area contributed by atoms with Crippen LogP contribution in [0.5, 0.6) is 11.5 Å². The predicted molar refractivity (Wildman–Crippen MR) is 95.5 cm³/mol. The van der Waals surface area contributed by atoms with E-state index in [9.17, 15) is 4.79 Å². The van der Waals surface area contributed by atoms with E-state index in [1.54, 1.807) is 14.2 Å². The van der Waals surface area contributed by atoms with E-state index in [-0.39, 0.29) is 5.91 Å².